The molecule has 0 bridgehead atoms. The molecule has 0 aliphatic carbocycles. The van der Waals surface area contributed by atoms with E-state index in [0.29, 0.717) is 13.0 Å². The van der Waals surface area contributed by atoms with Gasteiger partial charge in [-0.1, -0.05) is 31.5 Å². The van der Waals surface area contributed by atoms with Crippen molar-refractivity contribution in [2.45, 2.75) is 63.6 Å². The van der Waals surface area contributed by atoms with Crippen LogP contribution < -0.4 is 5.32 Å². The highest BCUT2D eigenvalue weighted by molar-refractivity contribution is 7.19. The van der Waals surface area contributed by atoms with E-state index < -0.39 is 5.54 Å². The van der Waals surface area contributed by atoms with Crippen molar-refractivity contribution in [3.05, 3.63) is 35.2 Å². The molecule has 3 aliphatic rings. The van der Waals surface area contributed by atoms with Gasteiger partial charge in [0.2, 0.25) is 0 Å². The van der Waals surface area contributed by atoms with Crippen LogP contribution in [-0.2, 0) is 16.1 Å². The molecular weight excluding hydrogens is 422 g/mol. The van der Waals surface area contributed by atoms with Gasteiger partial charge in [-0.15, -0.1) is 11.3 Å². The van der Waals surface area contributed by atoms with E-state index in [1.54, 1.807) is 0 Å². The maximum absolute atomic E-state index is 13.6. The molecule has 4 heterocycles. The van der Waals surface area contributed by atoms with Gasteiger partial charge in [-0.25, -0.2) is 4.79 Å². The summed E-state index contributed by atoms with van der Waals surface area (Å²) >= 11 is 1.87. The monoisotopic (exact) mass is 455 g/mol. The van der Waals surface area contributed by atoms with Crippen molar-refractivity contribution in [2.24, 2.45) is 5.92 Å². The Labute approximate surface area is 193 Å². The van der Waals surface area contributed by atoms with Crippen LogP contribution in [0, 0.1) is 5.92 Å². The number of imide groups is 1. The summed E-state index contributed by atoms with van der Waals surface area (Å²) in [4.78, 5) is 31.7. The van der Waals surface area contributed by atoms with Crippen LogP contribution in [0.1, 0.15) is 50.3 Å². The number of nitrogens with one attached hydrogen (secondary N) is 1. The average molecular weight is 456 g/mol. The first-order valence-electron chi connectivity index (χ1n) is 12.0. The Morgan fingerprint density at radius 3 is 2.72 bits per heavy atom. The highest BCUT2D eigenvalue weighted by Crippen LogP contribution is 2.38. The van der Waals surface area contributed by atoms with Gasteiger partial charge in [0.1, 0.15) is 5.54 Å². The Bertz CT molecular complexity index is 945. The summed E-state index contributed by atoms with van der Waals surface area (Å²) in [5.74, 6) is 0.162. The molecule has 1 N–H and O–H groups in total. The fraction of sp³-hybridized carbons (Fsp3) is 0.600. The normalized spacial score (nSPS) is 27.5. The zero-order valence-corrected chi connectivity index (χ0v) is 19.7. The Morgan fingerprint density at radius 2 is 2.00 bits per heavy atom. The lowest BCUT2D eigenvalue weighted by Crippen LogP contribution is -2.56. The van der Waals surface area contributed by atoms with Gasteiger partial charge in [0.25, 0.3) is 5.91 Å². The molecule has 3 fully saturated rings. The minimum absolute atomic E-state index is 0.00900. The van der Waals surface area contributed by atoms with Crippen molar-refractivity contribution in [3.8, 4) is 0 Å². The zero-order chi connectivity index (χ0) is 22.1. The van der Waals surface area contributed by atoms with E-state index in [1.165, 1.54) is 19.9 Å². The summed E-state index contributed by atoms with van der Waals surface area (Å²) in [7, 11) is 0. The molecule has 7 heteroatoms. The highest BCUT2D eigenvalue weighted by atomic mass is 32.1. The largest absolute Gasteiger partial charge is 0.376 e. The van der Waals surface area contributed by atoms with Gasteiger partial charge in [0.15, 0.2) is 0 Å². The molecule has 1 aromatic heterocycles. The van der Waals surface area contributed by atoms with Gasteiger partial charge in [-0.3, -0.25) is 14.6 Å². The molecule has 0 spiro atoms. The van der Waals surface area contributed by atoms with E-state index in [4.69, 9.17) is 4.74 Å². The second-order valence-electron chi connectivity index (χ2n) is 9.50. The molecular formula is C25H33N3O3S. The van der Waals surface area contributed by atoms with Crippen molar-refractivity contribution < 1.29 is 14.3 Å². The van der Waals surface area contributed by atoms with Gasteiger partial charge in [-0.2, -0.15) is 0 Å². The number of ether oxygens (including phenoxy) is 1. The zero-order valence-electron chi connectivity index (χ0n) is 18.8. The predicted molar refractivity (Wildman–Crippen MR) is 127 cm³/mol. The molecule has 5 rings (SSSR count). The van der Waals surface area contributed by atoms with Crippen LogP contribution in [-0.4, -0.2) is 59.6 Å². The molecule has 0 unspecified atom stereocenters. The molecule has 1 aromatic carbocycles. The number of likely N-dealkylation sites (tertiary alicyclic amines) is 1. The van der Waals surface area contributed by atoms with Crippen LogP contribution >= 0.6 is 11.3 Å². The van der Waals surface area contributed by atoms with Gasteiger partial charge >= 0.3 is 6.03 Å². The first-order valence-corrected chi connectivity index (χ1v) is 12.9. The highest BCUT2D eigenvalue weighted by Gasteiger charge is 2.55. The second kappa shape index (κ2) is 9.12. The Hall–Kier alpha value is -1.96. The van der Waals surface area contributed by atoms with Crippen LogP contribution in [0.3, 0.4) is 0 Å². The molecule has 3 amide bonds. The van der Waals surface area contributed by atoms with Crippen molar-refractivity contribution in [1.82, 2.24) is 15.1 Å². The molecule has 0 saturated carbocycles. The molecule has 2 aromatic rings. The molecule has 32 heavy (non-hydrogen) atoms. The maximum Gasteiger partial charge on any atom is 0.325 e. The number of hydrogen-bond donors (Lipinski definition) is 1. The number of rotatable bonds is 7. The third-order valence-electron chi connectivity index (χ3n) is 7.40. The lowest BCUT2D eigenvalue weighted by Gasteiger charge is -2.41. The number of carbonyl (C=O) groups excluding carboxylic acids is 2. The fourth-order valence-corrected chi connectivity index (χ4v) is 6.87. The second-order valence-corrected chi connectivity index (χ2v) is 10.7. The Morgan fingerprint density at radius 1 is 1.19 bits per heavy atom. The number of piperidine rings is 1. The summed E-state index contributed by atoms with van der Waals surface area (Å²) in [6.07, 6.45) is 5.38. The topological polar surface area (TPSA) is 61.9 Å². The lowest BCUT2D eigenvalue weighted by atomic mass is 9.74. The van der Waals surface area contributed by atoms with Crippen LogP contribution in [0.25, 0.3) is 10.1 Å². The summed E-state index contributed by atoms with van der Waals surface area (Å²) in [5.41, 5.74) is -0.742. The number of urea groups is 1. The predicted octanol–water partition coefficient (Wildman–Crippen LogP) is 4.38. The van der Waals surface area contributed by atoms with Gasteiger partial charge < -0.3 is 10.1 Å². The summed E-state index contributed by atoms with van der Waals surface area (Å²) in [5, 5.41) is 4.47. The quantitative estimate of drug-likeness (QED) is 0.630. The molecule has 2 atom stereocenters. The first-order chi connectivity index (χ1) is 15.6. The number of thiophene rings is 1. The molecule has 6 nitrogen and oxygen atoms in total. The molecule has 0 radical (unpaired) electrons. The Kier molecular flexibility index (Phi) is 6.23. The van der Waals surface area contributed by atoms with Crippen LogP contribution in [0.15, 0.2) is 30.3 Å². The molecule has 3 saturated heterocycles. The van der Waals surface area contributed by atoms with Crippen molar-refractivity contribution >= 4 is 33.4 Å². The van der Waals surface area contributed by atoms with Crippen LogP contribution in [0.5, 0.6) is 0 Å². The van der Waals surface area contributed by atoms with Crippen molar-refractivity contribution in [2.75, 3.05) is 26.2 Å². The number of nitrogens with zero attached hydrogens (tertiary/aromatic N) is 2. The molecule has 3 aliphatic heterocycles. The molecule has 172 valence electrons. The minimum Gasteiger partial charge on any atom is -0.376 e. The fourth-order valence-electron chi connectivity index (χ4n) is 5.77. The standard InChI is InChI=1S/C25H33N3O3S/c1-2-11-25(23(29)28(24(30)26-25)16-20-7-5-14-31-20)19-9-12-27(13-10-19)17-21-15-18-6-3-4-8-22(18)32-21/h3-4,6,8,15,19-20H,2,5,7,9-14,16-17H2,1H3,(H,26,30)/t20-,25+/m1/s1. The minimum atomic E-state index is -0.742. The number of carbonyl (C=O) groups is 2. The van der Waals surface area contributed by atoms with Crippen molar-refractivity contribution in [3.63, 3.8) is 0 Å². The number of hydrogen-bond acceptors (Lipinski definition) is 5. The number of benzene rings is 1. The summed E-state index contributed by atoms with van der Waals surface area (Å²) in [6, 6.07) is 10.6. The van der Waals surface area contributed by atoms with Crippen LogP contribution in [0.2, 0.25) is 0 Å². The summed E-state index contributed by atoms with van der Waals surface area (Å²) in [6.45, 7) is 6.09. The lowest BCUT2D eigenvalue weighted by molar-refractivity contribution is -0.135. The van der Waals surface area contributed by atoms with Crippen molar-refractivity contribution in [1.29, 1.82) is 0 Å². The van der Waals surface area contributed by atoms with Gasteiger partial charge in [0, 0.05) is 22.7 Å². The number of amides is 3. The van der Waals surface area contributed by atoms with E-state index in [0.717, 1.165) is 58.3 Å². The third kappa shape index (κ3) is 4.06. The Balaban J connectivity index is 1.25. The average Bonchev–Trinajstić information content (AvgIpc) is 3.50. The van der Waals surface area contributed by atoms with Gasteiger partial charge in [-0.05, 0) is 68.6 Å². The smallest absolute Gasteiger partial charge is 0.325 e. The van der Waals surface area contributed by atoms with E-state index in [2.05, 4.69) is 47.5 Å². The van der Waals surface area contributed by atoms with E-state index >= 15 is 0 Å². The van der Waals surface area contributed by atoms with E-state index in [9.17, 15) is 9.59 Å². The maximum atomic E-state index is 13.6. The summed E-state index contributed by atoms with van der Waals surface area (Å²) < 4.78 is 7.04. The van der Waals surface area contributed by atoms with Crippen LogP contribution in [0.4, 0.5) is 4.79 Å². The van der Waals surface area contributed by atoms with E-state index in [-0.39, 0.29) is 24.0 Å². The van der Waals surface area contributed by atoms with Gasteiger partial charge in [0.05, 0.1) is 12.6 Å². The first kappa shape index (κ1) is 21.9. The van der Waals surface area contributed by atoms with E-state index in [1.807, 2.05) is 11.3 Å². The third-order valence-corrected chi connectivity index (χ3v) is 8.50. The number of fused-ring (bicyclic) bond motifs is 1. The SMILES string of the molecule is CCC[C@@]1(C2CCN(Cc3cc4ccccc4s3)CC2)NC(=O)N(C[C@H]2CCCO2)C1=O.